The average molecular weight is 350 g/mol. The second-order valence-corrected chi connectivity index (χ2v) is 5.58. The van der Waals surface area contributed by atoms with Gasteiger partial charge >= 0.3 is 12.1 Å². The molecule has 0 fully saturated rings. The molecule has 5 nitrogen and oxygen atoms in total. The van der Waals surface area contributed by atoms with Gasteiger partial charge in [0, 0.05) is 12.3 Å². The van der Waals surface area contributed by atoms with E-state index in [1.54, 1.807) is 0 Å². The van der Waals surface area contributed by atoms with Crippen molar-refractivity contribution in [1.82, 2.24) is 4.98 Å². The number of benzene rings is 1. The fourth-order valence-electron chi connectivity index (χ4n) is 1.59. The van der Waals surface area contributed by atoms with Crippen molar-refractivity contribution in [2.24, 2.45) is 5.41 Å². The number of aromatic nitrogens is 1. The number of alkyl halides is 3. The molecule has 0 atom stereocenters. The van der Waals surface area contributed by atoms with Crippen LogP contribution in [0.15, 0.2) is 42.6 Å². The van der Waals surface area contributed by atoms with Crippen molar-refractivity contribution in [2.75, 3.05) is 0 Å². The van der Waals surface area contributed by atoms with Crippen LogP contribution in [0.1, 0.15) is 19.4 Å². The van der Waals surface area contributed by atoms with Crippen molar-refractivity contribution in [2.45, 2.75) is 20.0 Å². The highest BCUT2D eigenvalue weighted by atomic mass is 19.4. The quantitative estimate of drug-likeness (QED) is 0.605. The SMILES string of the molecule is CC(C)(C#N)C(=O)Oc1ccc(Oc2ccc(C(F)(F)F)cn2)cc1. The van der Waals surface area contributed by atoms with Gasteiger partial charge in [-0.25, -0.2) is 9.78 Å². The van der Waals surface area contributed by atoms with Gasteiger partial charge in [-0.05, 0) is 44.2 Å². The second kappa shape index (κ2) is 6.81. The summed E-state index contributed by atoms with van der Waals surface area (Å²) in [6.07, 6.45) is -3.79. The highest BCUT2D eigenvalue weighted by Crippen LogP contribution is 2.30. The Morgan fingerprint density at radius 1 is 1.08 bits per heavy atom. The molecule has 25 heavy (non-hydrogen) atoms. The zero-order valence-corrected chi connectivity index (χ0v) is 13.3. The summed E-state index contributed by atoms with van der Waals surface area (Å²) < 4.78 is 47.8. The lowest BCUT2D eigenvalue weighted by molar-refractivity contribution is -0.141. The summed E-state index contributed by atoms with van der Waals surface area (Å²) in [5, 5.41) is 8.87. The van der Waals surface area contributed by atoms with E-state index in [0.29, 0.717) is 11.9 Å². The molecule has 0 aliphatic carbocycles. The predicted molar refractivity (Wildman–Crippen MR) is 80.8 cm³/mol. The van der Waals surface area contributed by atoms with Crippen LogP contribution < -0.4 is 9.47 Å². The zero-order chi connectivity index (χ0) is 18.7. The molecule has 8 heteroatoms. The lowest BCUT2D eigenvalue weighted by Gasteiger charge is -2.14. The molecule has 0 saturated carbocycles. The summed E-state index contributed by atoms with van der Waals surface area (Å²) in [5.41, 5.74) is -2.15. The minimum Gasteiger partial charge on any atom is -0.439 e. The molecular weight excluding hydrogens is 337 g/mol. The molecule has 0 bridgehead atoms. The standard InChI is InChI=1S/C17H13F3N2O3/c1-16(2,10-21)15(23)25-13-6-4-12(5-7-13)24-14-8-3-11(9-22-14)17(18,19)20/h3-9H,1-2H3. The minimum absolute atomic E-state index is 0.0108. The number of carbonyl (C=O) groups is 1. The summed E-state index contributed by atoms with van der Waals surface area (Å²) in [6.45, 7) is 2.87. The van der Waals surface area contributed by atoms with Gasteiger partial charge in [-0.15, -0.1) is 0 Å². The van der Waals surface area contributed by atoms with Crippen LogP contribution in [0.25, 0.3) is 0 Å². The van der Waals surface area contributed by atoms with E-state index < -0.39 is 23.1 Å². The van der Waals surface area contributed by atoms with Gasteiger partial charge in [0.05, 0.1) is 11.6 Å². The first kappa shape index (κ1) is 18.3. The van der Waals surface area contributed by atoms with E-state index >= 15 is 0 Å². The molecule has 0 N–H and O–H groups in total. The van der Waals surface area contributed by atoms with Crippen LogP contribution in [0.5, 0.6) is 17.4 Å². The number of hydrogen-bond donors (Lipinski definition) is 0. The van der Waals surface area contributed by atoms with Gasteiger partial charge in [0.2, 0.25) is 5.88 Å². The Bertz CT molecular complexity index is 792. The Hall–Kier alpha value is -3.08. The van der Waals surface area contributed by atoms with E-state index in [1.165, 1.54) is 38.1 Å². The maximum atomic E-state index is 12.5. The van der Waals surface area contributed by atoms with Crippen molar-refractivity contribution in [3.8, 4) is 23.4 Å². The summed E-state index contributed by atoms with van der Waals surface area (Å²) in [4.78, 5) is 15.4. The number of pyridine rings is 1. The maximum Gasteiger partial charge on any atom is 0.417 e. The molecule has 0 saturated heterocycles. The van der Waals surface area contributed by atoms with E-state index in [0.717, 1.165) is 12.1 Å². The van der Waals surface area contributed by atoms with E-state index in [1.807, 2.05) is 6.07 Å². The van der Waals surface area contributed by atoms with E-state index in [4.69, 9.17) is 14.7 Å². The Labute approximate surface area is 141 Å². The van der Waals surface area contributed by atoms with Crippen LogP contribution in [-0.2, 0) is 11.0 Å². The molecule has 0 amide bonds. The van der Waals surface area contributed by atoms with Gasteiger partial charge in [0.15, 0.2) is 0 Å². The largest absolute Gasteiger partial charge is 0.439 e. The number of halogens is 3. The molecule has 1 heterocycles. The first-order valence-corrected chi connectivity index (χ1v) is 7.06. The van der Waals surface area contributed by atoms with E-state index in [2.05, 4.69) is 4.98 Å². The summed E-state index contributed by atoms with van der Waals surface area (Å²) in [6, 6.07) is 9.59. The van der Waals surface area contributed by atoms with Crippen LogP contribution >= 0.6 is 0 Å². The fourth-order valence-corrected chi connectivity index (χ4v) is 1.59. The summed E-state index contributed by atoms with van der Waals surface area (Å²) >= 11 is 0. The average Bonchev–Trinajstić information content (AvgIpc) is 2.56. The van der Waals surface area contributed by atoms with E-state index in [-0.39, 0.29) is 11.6 Å². The topological polar surface area (TPSA) is 72.2 Å². The van der Waals surface area contributed by atoms with Gasteiger partial charge in [-0.2, -0.15) is 18.4 Å². The fraction of sp³-hybridized carbons (Fsp3) is 0.235. The number of esters is 1. The Morgan fingerprint density at radius 3 is 2.16 bits per heavy atom. The van der Waals surface area contributed by atoms with E-state index in [9.17, 15) is 18.0 Å². The van der Waals surface area contributed by atoms with Crippen LogP contribution in [0.3, 0.4) is 0 Å². The molecule has 0 spiro atoms. The molecule has 0 unspecified atom stereocenters. The van der Waals surface area contributed by atoms with Crippen LogP contribution in [-0.4, -0.2) is 11.0 Å². The molecule has 0 radical (unpaired) electrons. The third kappa shape index (κ3) is 4.70. The highest BCUT2D eigenvalue weighted by Gasteiger charge is 2.31. The van der Waals surface area contributed by atoms with Crippen LogP contribution in [0, 0.1) is 16.7 Å². The number of carbonyl (C=O) groups excluding carboxylic acids is 1. The molecule has 130 valence electrons. The monoisotopic (exact) mass is 350 g/mol. The molecule has 1 aromatic heterocycles. The lowest BCUT2D eigenvalue weighted by atomic mass is 9.96. The first-order valence-electron chi connectivity index (χ1n) is 7.06. The number of nitrogens with zero attached hydrogens (tertiary/aromatic N) is 2. The highest BCUT2D eigenvalue weighted by molar-refractivity contribution is 5.81. The van der Waals surface area contributed by atoms with Crippen LogP contribution in [0.4, 0.5) is 13.2 Å². The third-order valence-corrected chi connectivity index (χ3v) is 3.11. The van der Waals surface area contributed by atoms with Crippen molar-refractivity contribution < 1.29 is 27.4 Å². The predicted octanol–water partition coefficient (Wildman–Crippen LogP) is 4.35. The minimum atomic E-state index is -4.46. The van der Waals surface area contributed by atoms with Crippen molar-refractivity contribution in [3.63, 3.8) is 0 Å². The molecular formula is C17H13F3N2O3. The maximum absolute atomic E-state index is 12.5. The Kier molecular flexibility index (Phi) is 4.97. The molecule has 2 rings (SSSR count). The normalized spacial score (nSPS) is 11.5. The summed E-state index contributed by atoms with van der Waals surface area (Å²) in [7, 11) is 0. The summed E-state index contributed by atoms with van der Waals surface area (Å²) in [5.74, 6) is -0.205. The second-order valence-electron chi connectivity index (χ2n) is 5.58. The molecule has 2 aromatic rings. The molecule has 0 aliphatic rings. The number of nitriles is 1. The van der Waals surface area contributed by atoms with Gasteiger partial charge < -0.3 is 9.47 Å². The zero-order valence-electron chi connectivity index (χ0n) is 13.3. The first-order chi connectivity index (χ1) is 11.6. The molecule has 0 aliphatic heterocycles. The Balaban J connectivity index is 2.03. The van der Waals surface area contributed by atoms with Crippen molar-refractivity contribution in [1.29, 1.82) is 5.26 Å². The number of rotatable bonds is 4. The lowest BCUT2D eigenvalue weighted by Crippen LogP contribution is -2.27. The van der Waals surface area contributed by atoms with Gasteiger partial charge in [0.25, 0.3) is 0 Å². The Morgan fingerprint density at radius 2 is 1.68 bits per heavy atom. The van der Waals surface area contributed by atoms with Gasteiger partial charge in [-0.3, -0.25) is 0 Å². The van der Waals surface area contributed by atoms with Gasteiger partial charge in [0.1, 0.15) is 16.9 Å². The van der Waals surface area contributed by atoms with Crippen LogP contribution in [0.2, 0.25) is 0 Å². The number of hydrogen-bond acceptors (Lipinski definition) is 5. The third-order valence-electron chi connectivity index (χ3n) is 3.11. The van der Waals surface area contributed by atoms with Gasteiger partial charge in [-0.1, -0.05) is 0 Å². The van der Waals surface area contributed by atoms with Crippen molar-refractivity contribution >= 4 is 5.97 Å². The van der Waals surface area contributed by atoms with Crippen molar-refractivity contribution in [3.05, 3.63) is 48.2 Å². The molecule has 1 aromatic carbocycles. The number of ether oxygens (including phenoxy) is 2. The smallest absolute Gasteiger partial charge is 0.417 e.